The summed E-state index contributed by atoms with van der Waals surface area (Å²) in [7, 11) is 0. The first kappa shape index (κ1) is 20.8. The maximum atomic E-state index is 12.6. The summed E-state index contributed by atoms with van der Waals surface area (Å²) >= 11 is 4.58. The molecule has 0 radical (unpaired) electrons. The molecule has 4 rings (SSSR count). The number of fused-ring (bicyclic) bond motifs is 1. The number of nitriles is 1. The summed E-state index contributed by atoms with van der Waals surface area (Å²) in [5.41, 5.74) is 1.77. The van der Waals surface area contributed by atoms with Gasteiger partial charge in [0.1, 0.15) is 16.9 Å². The van der Waals surface area contributed by atoms with Crippen molar-refractivity contribution in [2.24, 2.45) is 0 Å². The normalized spacial score (nSPS) is 12.9. The number of carbonyl (C=O) groups excluding carboxylic acids is 1. The molecule has 0 unspecified atom stereocenters. The van der Waals surface area contributed by atoms with E-state index < -0.39 is 0 Å². The number of carbonyl (C=O) groups is 1. The molecule has 0 spiro atoms. The van der Waals surface area contributed by atoms with Crippen LogP contribution in [-0.4, -0.2) is 26.4 Å². The topological polar surface area (TPSA) is 83.6 Å². The molecule has 0 saturated heterocycles. The van der Waals surface area contributed by atoms with Crippen molar-refractivity contribution >= 4 is 45.3 Å². The Morgan fingerprint density at radius 2 is 2.27 bits per heavy atom. The fourth-order valence-electron chi connectivity index (χ4n) is 3.50. The second-order valence-corrected chi connectivity index (χ2v) is 10.00. The van der Waals surface area contributed by atoms with Gasteiger partial charge in [-0.1, -0.05) is 23.9 Å². The van der Waals surface area contributed by atoms with E-state index in [4.69, 9.17) is 0 Å². The van der Waals surface area contributed by atoms with Gasteiger partial charge in [-0.2, -0.15) is 5.26 Å². The standard InChI is InChI=1S/C21H21N5OS3/c1-2-9-26-18(11-14-6-5-10-28-14)24-25-21(26)29-13-19(27)23-20-16(12-22)15-7-3-4-8-17(15)30-20/h2,5-6,10H,1,3-4,7-9,11,13H2,(H,23,27). The molecule has 3 aromatic rings. The van der Waals surface area contributed by atoms with Gasteiger partial charge >= 0.3 is 0 Å². The van der Waals surface area contributed by atoms with E-state index in [-0.39, 0.29) is 11.7 Å². The highest BCUT2D eigenvalue weighted by Gasteiger charge is 2.22. The molecule has 0 aliphatic heterocycles. The number of aryl methyl sites for hydroxylation is 1. The highest BCUT2D eigenvalue weighted by molar-refractivity contribution is 7.99. The van der Waals surface area contributed by atoms with E-state index in [0.717, 1.165) is 37.1 Å². The van der Waals surface area contributed by atoms with E-state index in [0.29, 0.717) is 28.7 Å². The predicted octanol–water partition coefficient (Wildman–Crippen LogP) is 4.66. The number of aromatic nitrogens is 3. The molecule has 3 heterocycles. The number of thiophene rings is 2. The third-order valence-electron chi connectivity index (χ3n) is 4.89. The first-order chi connectivity index (χ1) is 14.7. The molecule has 30 heavy (non-hydrogen) atoms. The molecule has 6 nitrogen and oxygen atoms in total. The number of allylic oxidation sites excluding steroid dienone is 1. The zero-order chi connectivity index (χ0) is 20.9. The fourth-order valence-corrected chi connectivity index (χ4v) is 6.23. The van der Waals surface area contributed by atoms with E-state index in [1.165, 1.54) is 21.5 Å². The third-order valence-corrected chi connectivity index (χ3v) is 7.94. The van der Waals surface area contributed by atoms with Crippen LogP contribution >= 0.6 is 34.4 Å². The summed E-state index contributed by atoms with van der Waals surface area (Å²) < 4.78 is 2.00. The average molecular weight is 456 g/mol. The van der Waals surface area contributed by atoms with Gasteiger partial charge in [0.2, 0.25) is 5.91 Å². The van der Waals surface area contributed by atoms with Crippen LogP contribution in [0.25, 0.3) is 0 Å². The van der Waals surface area contributed by atoms with E-state index in [1.807, 2.05) is 16.0 Å². The van der Waals surface area contributed by atoms with Crippen LogP contribution in [0.1, 0.15) is 39.5 Å². The average Bonchev–Trinajstić information content (AvgIpc) is 3.47. The Hall–Kier alpha value is -2.41. The molecule has 1 amide bonds. The maximum absolute atomic E-state index is 12.6. The number of thioether (sulfide) groups is 1. The number of rotatable bonds is 8. The molecular weight excluding hydrogens is 434 g/mol. The van der Waals surface area contributed by atoms with Gasteiger partial charge < -0.3 is 9.88 Å². The molecule has 0 atom stereocenters. The zero-order valence-electron chi connectivity index (χ0n) is 16.4. The van der Waals surface area contributed by atoms with Crippen molar-refractivity contribution in [3.63, 3.8) is 0 Å². The monoisotopic (exact) mass is 455 g/mol. The van der Waals surface area contributed by atoms with Gasteiger partial charge in [-0.05, 0) is 42.7 Å². The summed E-state index contributed by atoms with van der Waals surface area (Å²) in [6.07, 6.45) is 6.69. The molecule has 1 N–H and O–H groups in total. The summed E-state index contributed by atoms with van der Waals surface area (Å²) in [6.45, 7) is 4.42. The molecule has 1 aliphatic carbocycles. The summed E-state index contributed by atoms with van der Waals surface area (Å²) in [5.74, 6) is 0.933. The minimum Gasteiger partial charge on any atom is -0.316 e. The number of nitrogens with one attached hydrogen (secondary N) is 1. The van der Waals surface area contributed by atoms with Crippen LogP contribution in [0.3, 0.4) is 0 Å². The lowest BCUT2D eigenvalue weighted by Crippen LogP contribution is -2.15. The number of nitrogens with zero attached hydrogens (tertiary/aromatic N) is 4. The van der Waals surface area contributed by atoms with Crippen molar-refractivity contribution in [1.82, 2.24) is 14.8 Å². The van der Waals surface area contributed by atoms with Crippen molar-refractivity contribution < 1.29 is 4.79 Å². The molecular formula is C21H21N5OS3. The molecule has 3 aromatic heterocycles. The molecule has 9 heteroatoms. The molecule has 0 saturated carbocycles. The largest absolute Gasteiger partial charge is 0.316 e. The molecule has 0 aromatic carbocycles. The van der Waals surface area contributed by atoms with E-state index in [1.54, 1.807) is 28.7 Å². The van der Waals surface area contributed by atoms with Gasteiger partial charge in [0.05, 0.1) is 11.3 Å². The SMILES string of the molecule is C=CCn1c(Cc2cccs2)nnc1SCC(=O)Nc1sc2c(c1C#N)CCCC2. The Morgan fingerprint density at radius 3 is 3.03 bits per heavy atom. The molecule has 0 fully saturated rings. The highest BCUT2D eigenvalue weighted by atomic mass is 32.2. The Morgan fingerprint density at radius 1 is 1.40 bits per heavy atom. The lowest BCUT2D eigenvalue weighted by molar-refractivity contribution is -0.113. The lowest BCUT2D eigenvalue weighted by Gasteiger charge is -2.09. The van der Waals surface area contributed by atoms with Crippen LogP contribution in [0.15, 0.2) is 35.3 Å². The van der Waals surface area contributed by atoms with Gasteiger partial charge in [0, 0.05) is 22.7 Å². The van der Waals surface area contributed by atoms with Crippen LogP contribution in [-0.2, 0) is 30.6 Å². The maximum Gasteiger partial charge on any atom is 0.235 e. The van der Waals surface area contributed by atoms with Gasteiger partial charge in [0.25, 0.3) is 0 Å². The van der Waals surface area contributed by atoms with Crippen molar-refractivity contribution in [2.45, 2.75) is 43.8 Å². The molecule has 1 aliphatic rings. The van der Waals surface area contributed by atoms with Gasteiger partial charge in [0.15, 0.2) is 5.16 Å². The van der Waals surface area contributed by atoms with Crippen LogP contribution in [0, 0.1) is 11.3 Å². The van der Waals surface area contributed by atoms with Crippen LogP contribution in [0.2, 0.25) is 0 Å². The van der Waals surface area contributed by atoms with Crippen LogP contribution < -0.4 is 5.32 Å². The summed E-state index contributed by atoms with van der Waals surface area (Å²) in [4.78, 5) is 15.0. The highest BCUT2D eigenvalue weighted by Crippen LogP contribution is 2.37. The Balaban J connectivity index is 1.43. The third kappa shape index (κ3) is 4.51. The van der Waals surface area contributed by atoms with E-state index in [2.05, 4.69) is 34.2 Å². The fraction of sp³-hybridized carbons (Fsp3) is 0.333. The summed E-state index contributed by atoms with van der Waals surface area (Å²) in [6, 6.07) is 6.38. The number of amides is 1. The van der Waals surface area contributed by atoms with Crippen LogP contribution in [0.5, 0.6) is 0 Å². The van der Waals surface area contributed by atoms with Gasteiger partial charge in [-0.3, -0.25) is 4.79 Å². The van der Waals surface area contributed by atoms with E-state index in [9.17, 15) is 10.1 Å². The Kier molecular flexibility index (Phi) is 6.67. The second kappa shape index (κ2) is 9.60. The first-order valence-corrected chi connectivity index (χ1v) is 12.4. The molecule has 154 valence electrons. The summed E-state index contributed by atoms with van der Waals surface area (Å²) in [5, 5.41) is 24.5. The van der Waals surface area contributed by atoms with Crippen molar-refractivity contribution in [2.75, 3.05) is 11.1 Å². The Bertz CT molecular complexity index is 1090. The van der Waals surface area contributed by atoms with Gasteiger partial charge in [-0.25, -0.2) is 0 Å². The van der Waals surface area contributed by atoms with Crippen molar-refractivity contribution in [3.05, 3.63) is 56.9 Å². The quantitative estimate of drug-likeness (QED) is 0.394. The number of hydrogen-bond acceptors (Lipinski definition) is 7. The van der Waals surface area contributed by atoms with Crippen LogP contribution in [0.4, 0.5) is 5.00 Å². The van der Waals surface area contributed by atoms with Crippen molar-refractivity contribution in [1.29, 1.82) is 5.26 Å². The zero-order valence-corrected chi connectivity index (χ0v) is 18.8. The molecule has 0 bridgehead atoms. The van der Waals surface area contributed by atoms with Crippen molar-refractivity contribution in [3.8, 4) is 6.07 Å². The number of hydrogen-bond donors (Lipinski definition) is 1. The first-order valence-electron chi connectivity index (χ1n) is 9.72. The lowest BCUT2D eigenvalue weighted by atomic mass is 9.96. The van der Waals surface area contributed by atoms with E-state index >= 15 is 0 Å². The second-order valence-electron chi connectivity index (χ2n) is 6.92. The smallest absolute Gasteiger partial charge is 0.235 e. The minimum absolute atomic E-state index is 0.136. The number of anilines is 1. The van der Waals surface area contributed by atoms with Gasteiger partial charge in [-0.15, -0.1) is 39.4 Å². The minimum atomic E-state index is -0.136. The Labute approximate surface area is 187 Å². The predicted molar refractivity (Wildman–Crippen MR) is 122 cm³/mol.